The Morgan fingerprint density at radius 3 is 1.35 bits per heavy atom. The largest absolute Gasteiger partial charge is 0.394 e. The number of unbranched alkanes of at least 4 members (excludes halogenated alkanes) is 14. The van der Waals surface area contributed by atoms with E-state index in [1.807, 2.05) is 12.2 Å². The normalized spacial score (nSPS) is 25.5. The summed E-state index contributed by atoms with van der Waals surface area (Å²) in [7, 11) is 0. The van der Waals surface area contributed by atoms with Crippen LogP contribution in [0.1, 0.15) is 181 Å². The Bertz CT molecular complexity index is 1770. The second-order valence-corrected chi connectivity index (χ2v) is 20.4. The molecule has 0 radical (unpaired) electrons. The summed E-state index contributed by atoms with van der Waals surface area (Å²) in [6.45, 7) is 2.62. The van der Waals surface area contributed by atoms with Crippen LogP contribution < -0.4 is 5.32 Å². The Hall–Kier alpha value is -3.61. The summed E-state index contributed by atoms with van der Waals surface area (Å²) in [6, 6.07) is -0.954. The lowest BCUT2D eigenvalue weighted by Gasteiger charge is -2.46. The summed E-state index contributed by atoms with van der Waals surface area (Å²) in [5.41, 5.74) is 0. The first kappa shape index (κ1) is 70.5. The summed E-state index contributed by atoms with van der Waals surface area (Å²) >= 11 is 0. The third-order valence-electron chi connectivity index (χ3n) is 13.7. The van der Waals surface area contributed by atoms with Crippen LogP contribution in [0.5, 0.6) is 0 Å². The van der Waals surface area contributed by atoms with Gasteiger partial charge in [-0.05, 0) is 83.5 Å². The average Bonchev–Trinajstić information content (AvgIpc) is 3.47. The number of carbonyl (C=O) groups is 1. The zero-order valence-corrected chi connectivity index (χ0v) is 47.6. The molecule has 2 aliphatic rings. The van der Waals surface area contributed by atoms with E-state index in [1.165, 1.54) is 64.2 Å². The molecule has 2 rings (SSSR count). The topological polar surface area (TPSA) is 228 Å². The Kier molecular flexibility index (Phi) is 43.5. The van der Waals surface area contributed by atoms with Crippen molar-refractivity contribution in [3.8, 4) is 0 Å². The number of nitrogens with one attached hydrogen (secondary N) is 1. The molecule has 2 saturated heterocycles. The molecule has 12 unspecified atom stereocenters. The van der Waals surface area contributed by atoms with Crippen LogP contribution in [0.2, 0.25) is 0 Å². The summed E-state index contributed by atoms with van der Waals surface area (Å²) in [6.07, 6.45) is 52.4. The van der Waals surface area contributed by atoms with Crippen LogP contribution in [0.4, 0.5) is 0 Å². The van der Waals surface area contributed by atoms with Crippen LogP contribution in [0.15, 0.2) is 122 Å². The van der Waals surface area contributed by atoms with Gasteiger partial charge in [-0.3, -0.25) is 4.79 Å². The minimum Gasteiger partial charge on any atom is -0.394 e. The molecule has 2 fully saturated rings. The highest BCUT2D eigenvalue weighted by Crippen LogP contribution is 2.30. The fraction of sp³-hybridized carbons (Fsp3) is 0.672. The van der Waals surface area contributed by atoms with Crippen molar-refractivity contribution in [2.45, 2.75) is 254 Å². The molecule has 9 N–H and O–H groups in total. The number of rotatable bonds is 45. The molecular formula is C64H105NO13. The predicted molar refractivity (Wildman–Crippen MR) is 313 cm³/mol. The monoisotopic (exact) mass is 1100 g/mol. The highest BCUT2D eigenvalue weighted by Gasteiger charge is 2.51. The third-order valence-corrected chi connectivity index (χ3v) is 13.7. The summed E-state index contributed by atoms with van der Waals surface area (Å²) in [4.78, 5) is 13.2. The first-order chi connectivity index (χ1) is 38.1. The number of amides is 1. The van der Waals surface area contributed by atoms with Gasteiger partial charge in [0.1, 0.15) is 48.8 Å². The maximum atomic E-state index is 13.2. The molecule has 0 spiro atoms. The zero-order chi connectivity index (χ0) is 56.7. The van der Waals surface area contributed by atoms with Gasteiger partial charge in [0.2, 0.25) is 5.91 Å². The second-order valence-electron chi connectivity index (χ2n) is 20.4. The van der Waals surface area contributed by atoms with Gasteiger partial charge in [0.15, 0.2) is 12.6 Å². The average molecular weight is 1100 g/mol. The summed E-state index contributed by atoms with van der Waals surface area (Å²) in [5, 5.41) is 87.0. The van der Waals surface area contributed by atoms with Gasteiger partial charge in [0.05, 0.1) is 32.0 Å². The van der Waals surface area contributed by atoms with E-state index in [9.17, 15) is 45.6 Å². The van der Waals surface area contributed by atoms with Crippen molar-refractivity contribution in [2.24, 2.45) is 0 Å². The van der Waals surface area contributed by atoms with Gasteiger partial charge >= 0.3 is 0 Å². The molecule has 0 saturated carbocycles. The van der Waals surface area contributed by atoms with Crippen molar-refractivity contribution < 1.29 is 64.6 Å². The third kappa shape index (κ3) is 33.2. The molecule has 0 aromatic heterocycles. The van der Waals surface area contributed by atoms with Gasteiger partial charge < -0.3 is 65.1 Å². The zero-order valence-electron chi connectivity index (χ0n) is 47.6. The van der Waals surface area contributed by atoms with E-state index in [4.69, 9.17) is 18.9 Å². The lowest BCUT2D eigenvalue weighted by atomic mass is 9.97. The lowest BCUT2D eigenvalue weighted by Crippen LogP contribution is -2.65. The number of hydrogen-bond donors (Lipinski definition) is 9. The highest BCUT2D eigenvalue weighted by atomic mass is 16.7. The van der Waals surface area contributed by atoms with Crippen LogP contribution >= 0.6 is 0 Å². The van der Waals surface area contributed by atoms with E-state index >= 15 is 0 Å². The van der Waals surface area contributed by atoms with E-state index in [0.29, 0.717) is 12.8 Å². The maximum absolute atomic E-state index is 13.2. The second kappa shape index (κ2) is 48.1. The Morgan fingerprint density at radius 1 is 0.474 bits per heavy atom. The SMILES string of the molecule is CC/C=C\C/C=C\C/C=C\C/C=C\C/C=C\C/C=C\C/C=C\C/C=C\C/C=C\CCCC(=O)NC(COC1OC(CO)C(OC2OC(CO)C(O)C(O)C2O)C(O)C1O)C(O)/C=C/CCCCCCCCCCCCCCC. The number of hydrogen-bond acceptors (Lipinski definition) is 13. The fourth-order valence-electron chi connectivity index (χ4n) is 8.88. The molecule has 12 atom stereocenters. The molecule has 1 amide bonds. The van der Waals surface area contributed by atoms with Crippen LogP contribution in [-0.2, 0) is 23.7 Å². The van der Waals surface area contributed by atoms with Crippen molar-refractivity contribution in [3.05, 3.63) is 122 Å². The summed E-state index contributed by atoms with van der Waals surface area (Å²) < 4.78 is 22.7. The molecular weight excluding hydrogens is 991 g/mol. The van der Waals surface area contributed by atoms with E-state index < -0.39 is 86.8 Å². The Labute approximate surface area is 469 Å². The molecule has 14 nitrogen and oxygen atoms in total. The number of aliphatic hydroxyl groups excluding tert-OH is 8. The van der Waals surface area contributed by atoms with Crippen molar-refractivity contribution in [1.29, 1.82) is 0 Å². The number of aliphatic hydroxyl groups is 8. The van der Waals surface area contributed by atoms with Gasteiger partial charge in [-0.1, -0.05) is 212 Å². The lowest BCUT2D eigenvalue weighted by molar-refractivity contribution is -0.359. The first-order valence-electron chi connectivity index (χ1n) is 29.8. The molecule has 0 aromatic rings. The molecule has 0 aliphatic carbocycles. The maximum Gasteiger partial charge on any atom is 0.220 e. The number of carbonyl (C=O) groups excluding carboxylic acids is 1. The molecule has 0 aromatic carbocycles. The molecule has 14 heteroatoms. The van der Waals surface area contributed by atoms with Gasteiger partial charge in [-0.15, -0.1) is 0 Å². The van der Waals surface area contributed by atoms with Crippen molar-refractivity contribution >= 4 is 5.91 Å². The standard InChI is InChI=1S/C64H105NO13/c1-3-5-7-9-11-13-15-17-19-20-21-22-23-24-25-26-27-28-29-30-31-32-34-36-38-40-42-44-46-48-56(69)65-52(53(68)47-45-43-41-39-37-35-33-18-16-14-12-10-8-6-4-2)51-75-63-61(74)59(72)62(55(50-67)77-63)78-64-60(73)58(71)57(70)54(49-66)76-64/h5,7,11,13,17,19,21-22,24-25,27-28,30-31,34,36,40,42,45,47,52-55,57-64,66-68,70-74H,3-4,6,8-10,12,14-16,18,20,23,26,29,32-33,35,37-39,41,43-44,46,48-51H2,1-2H3,(H,65,69)/b7-5-,13-11-,19-17-,22-21-,25-24-,28-27-,31-30-,36-34-,42-40-,47-45+. The number of allylic oxidation sites excluding steroid dienone is 19. The van der Waals surface area contributed by atoms with Gasteiger partial charge in [0, 0.05) is 6.42 Å². The number of ether oxygens (including phenoxy) is 4. The Morgan fingerprint density at radius 2 is 0.885 bits per heavy atom. The minimum atomic E-state index is -1.80. The Balaban J connectivity index is 1.79. The smallest absolute Gasteiger partial charge is 0.220 e. The van der Waals surface area contributed by atoms with E-state index in [2.05, 4.69) is 122 Å². The van der Waals surface area contributed by atoms with E-state index in [1.54, 1.807) is 6.08 Å². The van der Waals surface area contributed by atoms with Crippen molar-refractivity contribution in [3.63, 3.8) is 0 Å². The summed E-state index contributed by atoms with van der Waals surface area (Å²) in [5.74, 6) is -0.303. The predicted octanol–water partition coefficient (Wildman–Crippen LogP) is 10.2. The molecule has 444 valence electrons. The van der Waals surface area contributed by atoms with Crippen molar-refractivity contribution in [1.82, 2.24) is 5.32 Å². The van der Waals surface area contributed by atoms with Gasteiger partial charge in [-0.25, -0.2) is 0 Å². The molecule has 78 heavy (non-hydrogen) atoms. The van der Waals surface area contributed by atoms with Gasteiger partial charge in [-0.2, -0.15) is 0 Å². The van der Waals surface area contributed by atoms with E-state index in [0.717, 1.165) is 83.5 Å². The first-order valence-corrected chi connectivity index (χ1v) is 29.8. The minimum absolute atomic E-state index is 0.193. The van der Waals surface area contributed by atoms with Crippen LogP contribution in [0.3, 0.4) is 0 Å². The van der Waals surface area contributed by atoms with Crippen LogP contribution in [-0.4, -0.2) is 140 Å². The van der Waals surface area contributed by atoms with E-state index in [-0.39, 0.29) is 18.9 Å². The highest BCUT2D eigenvalue weighted by molar-refractivity contribution is 5.76. The molecule has 2 heterocycles. The van der Waals surface area contributed by atoms with Gasteiger partial charge in [0.25, 0.3) is 0 Å². The van der Waals surface area contributed by atoms with Crippen LogP contribution in [0.25, 0.3) is 0 Å². The molecule has 2 aliphatic heterocycles. The van der Waals surface area contributed by atoms with Crippen LogP contribution in [0, 0.1) is 0 Å². The fourth-order valence-corrected chi connectivity index (χ4v) is 8.88. The molecule has 0 bridgehead atoms. The van der Waals surface area contributed by atoms with Crippen molar-refractivity contribution in [2.75, 3.05) is 19.8 Å². The quantitative estimate of drug-likeness (QED) is 0.0205.